The highest BCUT2D eigenvalue weighted by Crippen LogP contribution is 2.30. The van der Waals surface area contributed by atoms with Crippen molar-refractivity contribution in [1.29, 1.82) is 0 Å². The first-order valence-corrected chi connectivity index (χ1v) is 10.9. The van der Waals surface area contributed by atoms with Crippen LogP contribution in [0.3, 0.4) is 0 Å². The average molecular weight is 461 g/mol. The summed E-state index contributed by atoms with van der Waals surface area (Å²) in [7, 11) is -4.42. The molecule has 0 aromatic heterocycles. The maximum Gasteiger partial charge on any atom is 0.282 e. The number of carbonyl (C=O) groups is 1. The Kier molecular flexibility index (Phi) is 6.57. The maximum atomic E-state index is 13.4. The van der Waals surface area contributed by atoms with Crippen molar-refractivity contribution in [3.8, 4) is 5.75 Å². The van der Waals surface area contributed by atoms with Crippen molar-refractivity contribution in [3.05, 3.63) is 93.5 Å². The summed E-state index contributed by atoms with van der Waals surface area (Å²) in [5, 5.41) is 11.7. The molecule has 0 fully saturated rings. The number of nitro benzene ring substituents is 1. The molecular weight excluding hydrogens is 444 g/mol. The van der Waals surface area contributed by atoms with Crippen LogP contribution in [0.4, 0.5) is 11.4 Å². The highest BCUT2D eigenvalue weighted by atomic mass is 35.5. The minimum absolute atomic E-state index is 0.00144. The Hall–Kier alpha value is -3.43. The van der Waals surface area contributed by atoms with E-state index >= 15 is 0 Å². The zero-order chi connectivity index (χ0) is 22.6. The number of benzene rings is 3. The van der Waals surface area contributed by atoms with E-state index in [0.717, 1.165) is 6.07 Å². The third-order valence-corrected chi connectivity index (χ3v) is 6.23. The van der Waals surface area contributed by atoms with Crippen molar-refractivity contribution in [2.45, 2.75) is 11.8 Å². The molecule has 0 aliphatic carbocycles. The first kappa shape index (κ1) is 22.3. The molecule has 0 aliphatic heterocycles. The summed E-state index contributed by atoms with van der Waals surface area (Å²) in [4.78, 5) is 23.8. The number of hydrogen-bond acceptors (Lipinski definition) is 6. The lowest BCUT2D eigenvalue weighted by Gasteiger charge is -2.23. The van der Waals surface area contributed by atoms with Crippen LogP contribution < -0.4 is 9.04 Å². The molecule has 3 rings (SSSR count). The molecule has 0 saturated heterocycles. The van der Waals surface area contributed by atoms with E-state index in [-0.39, 0.29) is 16.1 Å². The van der Waals surface area contributed by atoms with Crippen molar-refractivity contribution in [2.75, 3.05) is 10.9 Å². The first-order valence-electron chi connectivity index (χ1n) is 9.07. The average Bonchev–Trinajstić information content (AvgIpc) is 2.75. The Balaban J connectivity index is 2.18. The standard InChI is InChI=1S/C21H17ClN2O6S/c1-2-30-17-11-9-16(10-12-17)23(31(28,29)18-13-7-15(22)8-14-18)21(25)19-5-3-4-6-20(19)24(26)27/h3-14H,2H2,1H3. The van der Waals surface area contributed by atoms with Crippen molar-refractivity contribution >= 4 is 38.9 Å². The summed E-state index contributed by atoms with van der Waals surface area (Å²) in [5.41, 5.74) is -0.866. The maximum absolute atomic E-state index is 13.4. The van der Waals surface area contributed by atoms with E-state index in [9.17, 15) is 23.3 Å². The van der Waals surface area contributed by atoms with Gasteiger partial charge in [-0.15, -0.1) is 0 Å². The van der Waals surface area contributed by atoms with E-state index in [4.69, 9.17) is 16.3 Å². The number of rotatable bonds is 7. The molecule has 0 spiro atoms. The number of anilines is 1. The van der Waals surface area contributed by atoms with Gasteiger partial charge in [0.1, 0.15) is 11.3 Å². The molecule has 3 aromatic carbocycles. The van der Waals surface area contributed by atoms with E-state index in [1.807, 2.05) is 0 Å². The number of nitrogens with zero attached hydrogens (tertiary/aromatic N) is 2. The number of sulfonamides is 1. The summed E-state index contributed by atoms with van der Waals surface area (Å²) < 4.78 is 32.7. The van der Waals surface area contributed by atoms with Crippen LogP contribution in [0.1, 0.15) is 17.3 Å². The second-order valence-electron chi connectivity index (χ2n) is 6.23. The fraction of sp³-hybridized carbons (Fsp3) is 0.0952. The van der Waals surface area contributed by atoms with Gasteiger partial charge in [0.15, 0.2) is 0 Å². The SMILES string of the molecule is CCOc1ccc(N(C(=O)c2ccccc2[N+](=O)[O-])S(=O)(=O)c2ccc(Cl)cc2)cc1. The predicted molar refractivity (Wildman–Crippen MR) is 116 cm³/mol. The lowest BCUT2D eigenvalue weighted by atomic mass is 10.1. The normalized spacial score (nSPS) is 11.0. The van der Waals surface area contributed by atoms with Crippen LogP contribution in [0.15, 0.2) is 77.7 Å². The van der Waals surface area contributed by atoms with Crippen LogP contribution in [0.2, 0.25) is 5.02 Å². The van der Waals surface area contributed by atoms with E-state index in [0.29, 0.717) is 21.7 Å². The molecular formula is C21H17ClN2O6S. The number of hydrogen-bond donors (Lipinski definition) is 0. The van der Waals surface area contributed by atoms with Gasteiger partial charge in [-0.3, -0.25) is 14.9 Å². The first-order chi connectivity index (χ1) is 14.8. The Morgan fingerprint density at radius 3 is 2.23 bits per heavy atom. The highest BCUT2D eigenvalue weighted by Gasteiger charge is 2.35. The van der Waals surface area contributed by atoms with Gasteiger partial charge in [-0.25, -0.2) is 8.42 Å². The number of carbonyl (C=O) groups excluding carboxylic acids is 1. The highest BCUT2D eigenvalue weighted by molar-refractivity contribution is 7.93. The van der Waals surface area contributed by atoms with Crippen LogP contribution in [0.5, 0.6) is 5.75 Å². The van der Waals surface area contributed by atoms with Crippen LogP contribution in [-0.4, -0.2) is 25.9 Å². The van der Waals surface area contributed by atoms with Gasteiger partial charge >= 0.3 is 0 Å². The van der Waals surface area contributed by atoms with Crippen molar-refractivity contribution < 1.29 is 22.9 Å². The number of ether oxygens (including phenoxy) is 1. The Morgan fingerprint density at radius 2 is 1.65 bits per heavy atom. The molecule has 0 atom stereocenters. The second kappa shape index (κ2) is 9.15. The van der Waals surface area contributed by atoms with Crippen LogP contribution in [0.25, 0.3) is 0 Å². The number of para-hydroxylation sites is 1. The molecule has 0 unspecified atom stereocenters. The molecule has 160 valence electrons. The fourth-order valence-electron chi connectivity index (χ4n) is 2.84. The quantitative estimate of drug-likeness (QED) is 0.374. The Morgan fingerprint density at radius 1 is 1.03 bits per heavy atom. The molecule has 1 amide bonds. The summed E-state index contributed by atoms with van der Waals surface area (Å²) in [6.45, 7) is 2.20. The van der Waals surface area contributed by atoms with E-state index in [1.165, 1.54) is 66.7 Å². The van der Waals surface area contributed by atoms with Gasteiger partial charge < -0.3 is 4.74 Å². The summed E-state index contributed by atoms with van der Waals surface area (Å²) in [6.07, 6.45) is 0. The number of halogens is 1. The molecule has 0 aliphatic rings. The van der Waals surface area contributed by atoms with Crippen LogP contribution >= 0.6 is 11.6 Å². The number of nitro groups is 1. The molecule has 8 nitrogen and oxygen atoms in total. The molecule has 0 radical (unpaired) electrons. The fourth-order valence-corrected chi connectivity index (χ4v) is 4.38. The summed E-state index contributed by atoms with van der Waals surface area (Å²) in [5.74, 6) is -0.584. The topological polar surface area (TPSA) is 107 Å². The summed E-state index contributed by atoms with van der Waals surface area (Å²) >= 11 is 5.86. The monoisotopic (exact) mass is 460 g/mol. The van der Waals surface area contributed by atoms with Gasteiger partial charge in [0.2, 0.25) is 0 Å². The minimum atomic E-state index is -4.42. The zero-order valence-electron chi connectivity index (χ0n) is 16.3. The van der Waals surface area contributed by atoms with Gasteiger partial charge in [-0.2, -0.15) is 4.31 Å². The molecule has 10 heteroatoms. The number of amides is 1. The molecule has 0 saturated carbocycles. The summed E-state index contributed by atoms with van der Waals surface area (Å²) in [6, 6.07) is 16.2. The lowest BCUT2D eigenvalue weighted by Crippen LogP contribution is -2.37. The van der Waals surface area contributed by atoms with E-state index < -0.39 is 26.5 Å². The van der Waals surface area contributed by atoms with Gasteiger partial charge in [0.05, 0.1) is 22.1 Å². The smallest absolute Gasteiger partial charge is 0.282 e. The lowest BCUT2D eigenvalue weighted by molar-refractivity contribution is -0.385. The van der Waals surface area contributed by atoms with Crippen molar-refractivity contribution in [1.82, 2.24) is 0 Å². The Labute approximate surface area is 183 Å². The van der Waals surface area contributed by atoms with Crippen molar-refractivity contribution in [3.63, 3.8) is 0 Å². The van der Waals surface area contributed by atoms with Crippen molar-refractivity contribution in [2.24, 2.45) is 0 Å². The van der Waals surface area contributed by atoms with E-state index in [2.05, 4.69) is 0 Å². The van der Waals surface area contributed by atoms with Gasteiger partial charge in [0, 0.05) is 11.1 Å². The molecule has 0 N–H and O–H groups in total. The van der Waals surface area contributed by atoms with Gasteiger partial charge in [0.25, 0.3) is 21.6 Å². The largest absolute Gasteiger partial charge is 0.494 e. The van der Waals surface area contributed by atoms with Crippen LogP contribution in [0, 0.1) is 10.1 Å². The molecule has 0 heterocycles. The minimum Gasteiger partial charge on any atom is -0.494 e. The third kappa shape index (κ3) is 4.68. The Bertz CT molecular complexity index is 1210. The second-order valence-corrected chi connectivity index (χ2v) is 8.45. The van der Waals surface area contributed by atoms with Gasteiger partial charge in [-0.1, -0.05) is 23.7 Å². The predicted octanol–water partition coefficient (Wildman–Crippen LogP) is 4.68. The zero-order valence-corrected chi connectivity index (χ0v) is 17.8. The van der Waals surface area contributed by atoms with Crippen LogP contribution in [-0.2, 0) is 10.0 Å². The molecule has 0 bridgehead atoms. The van der Waals surface area contributed by atoms with E-state index in [1.54, 1.807) is 6.92 Å². The third-order valence-electron chi connectivity index (χ3n) is 4.25. The van der Waals surface area contributed by atoms with Gasteiger partial charge in [-0.05, 0) is 61.5 Å². The molecule has 31 heavy (non-hydrogen) atoms. The molecule has 3 aromatic rings.